The van der Waals surface area contributed by atoms with E-state index in [2.05, 4.69) is 70.8 Å². The molecule has 1 unspecified atom stereocenters. The number of rotatable bonds is 7. The number of amides is 1. The number of aromatic nitrogens is 1. The van der Waals surface area contributed by atoms with Gasteiger partial charge in [0.05, 0.1) is 18.5 Å². The first-order valence-electron chi connectivity index (χ1n) is 15.2. The maximum Gasteiger partial charge on any atom is 0.282 e. The Balaban J connectivity index is 1.39. The van der Waals surface area contributed by atoms with Gasteiger partial charge in [-0.2, -0.15) is 15.5 Å². The SMILES string of the molecule is C=C(F)C(=O)N1CCN(c2nc(OC[C@@H]3CCCN3C)c(C#N)c3c2CCN(c2cccc4ccccc24)C3)CC1CC#N. The standard InChI is InChI=1S/C34H36FN7O2/c1-23(35)34(43)42-18-17-41(20-25(42)12-14-36)32-28-13-16-40(31-11-5-8-24-7-3-4-10-27(24)31)21-30(28)29(19-37)33(38-32)44-22-26-9-6-15-39(26)2/h3-5,7-8,10-11,25-26H,1,6,9,12-13,15-18,20-22H2,2H3/t25?,26-/m0/s1. The number of piperazine rings is 1. The first-order valence-corrected chi connectivity index (χ1v) is 15.2. The molecule has 9 nitrogen and oxygen atoms in total. The van der Waals surface area contributed by atoms with Crippen LogP contribution in [0.3, 0.4) is 0 Å². The van der Waals surface area contributed by atoms with Crippen molar-refractivity contribution in [3.63, 3.8) is 0 Å². The van der Waals surface area contributed by atoms with Crippen LogP contribution in [0.25, 0.3) is 10.8 Å². The summed E-state index contributed by atoms with van der Waals surface area (Å²) in [5.74, 6) is -0.791. The van der Waals surface area contributed by atoms with Gasteiger partial charge in [-0.3, -0.25) is 4.79 Å². The van der Waals surface area contributed by atoms with E-state index in [1.165, 1.54) is 4.90 Å². The number of fused-ring (bicyclic) bond motifs is 2. The predicted molar refractivity (Wildman–Crippen MR) is 167 cm³/mol. The molecule has 1 amide bonds. The predicted octanol–water partition coefficient (Wildman–Crippen LogP) is 4.56. The Labute approximate surface area is 257 Å². The van der Waals surface area contributed by atoms with Crippen molar-refractivity contribution < 1.29 is 13.9 Å². The molecule has 0 spiro atoms. The molecule has 0 saturated carbocycles. The molecule has 0 aliphatic carbocycles. The molecule has 3 aliphatic rings. The summed E-state index contributed by atoms with van der Waals surface area (Å²) in [6, 6.07) is 18.9. The zero-order valence-corrected chi connectivity index (χ0v) is 25.0. The molecular weight excluding hydrogens is 557 g/mol. The van der Waals surface area contributed by atoms with Gasteiger partial charge in [-0.15, -0.1) is 0 Å². The van der Waals surface area contributed by atoms with Crippen LogP contribution in [-0.2, 0) is 17.8 Å². The summed E-state index contributed by atoms with van der Waals surface area (Å²) >= 11 is 0. The van der Waals surface area contributed by atoms with Crippen molar-refractivity contribution in [3.05, 3.63) is 71.6 Å². The third-order valence-corrected chi connectivity index (χ3v) is 9.24. The van der Waals surface area contributed by atoms with Gasteiger partial charge in [-0.05, 0) is 44.3 Å². The van der Waals surface area contributed by atoms with E-state index in [0.29, 0.717) is 49.9 Å². The fraction of sp³-hybridized carbons (Fsp3) is 0.412. The van der Waals surface area contributed by atoms with E-state index < -0.39 is 17.8 Å². The van der Waals surface area contributed by atoms with Crippen LogP contribution in [0.1, 0.15) is 36.0 Å². The lowest BCUT2D eigenvalue weighted by molar-refractivity contribution is -0.131. The molecule has 2 fully saturated rings. The number of carbonyl (C=O) groups is 1. The molecule has 4 heterocycles. The van der Waals surface area contributed by atoms with Crippen LogP contribution in [0.2, 0.25) is 0 Å². The molecule has 0 bridgehead atoms. The first-order chi connectivity index (χ1) is 21.4. The quantitative estimate of drug-likeness (QED) is 0.368. The van der Waals surface area contributed by atoms with E-state index in [9.17, 15) is 19.7 Å². The molecule has 2 aromatic carbocycles. The van der Waals surface area contributed by atoms with Crippen LogP contribution < -0.4 is 14.5 Å². The van der Waals surface area contributed by atoms with Crippen LogP contribution in [-0.4, -0.2) is 79.2 Å². The van der Waals surface area contributed by atoms with Gasteiger partial charge in [0.15, 0.2) is 5.83 Å². The molecular formula is C34H36FN7O2. The number of anilines is 2. The lowest BCUT2D eigenvalue weighted by atomic mass is 9.94. The average molecular weight is 594 g/mol. The van der Waals surface area contributed by atoms with E-state index in [0.717, 1.165) is 53.5 Å². The first kappa shape index (κ1) is 29.4. The Bertz CT molecular complexity index is 1670. The summed E-state index contributed by atoms with van der Waals surface area (Å²) in [6.07, 6.45) is 2.84. The van der Waals surface area contributed by atoms with E-state index in [-0.39, 0.29) is 19.0 Å². The van der Waals surface area contributed by atoms with Crippen molar-refractivity contribution in [1.82, 2.24) is 14.8 Å². The summed E-state index contributed by atoms with van der Waals surface area (Å²) in [5, 5.41) is 22.3. The zero-order chi connectivity index (χ0) is 30.8. The number of halogens is 1. The van der Waals surface area contributed by atoms with Crippen LogP contribution in [0.15, 0.2) is 54.9 Å². The second kappa shape index (κ2) is 12.5. The average Bonchev–Trinajstić information content (AvgIpc) is 3.46. The van der Waals surface area contributed by atoms with Gasteiger partial charge in [0.2, 0.25) is 5.88 Å². The van der Waals surface area contributed by atoms with Crippen molar-refractivity contribution in [1.29, 1.82) is 10.5 Å². The Kier molecular flexibility index (Phi) is 8.36. The van der Waals surface area contributed by atoms with E-state index >= 15 is 0 Å². The topological polar surface area (TPSA) is 99.7 Å². The smallest absolute Gasteiger partial charge is 0.282 e. The van der Waals surface area contributed by atoms with Gasteiger partial charge < -0.3 is 24.3 Å². The van der Waals surface area contributed by atoms with E-state index in [1.54, 1.807) is 0 Å². The van der Waals surface area contributed by atoms with Gasteiger partial charge >= 0.3 is 0 Å². The number of ether oxygens (including phenoxy) is 1. The molecule has 3 aliphatic heterocycles. The number of hydrogen-bond acceptors (Lipinski definition) is 8. The van der Waals surface area contributed by atoms with Gasteiger partial charge in [0.1, 0.15) is 24.1 Å². The third-order valence-electron chi connectivity index (χ3n) is 9.24. The summed E-state index contributed by atoms with van der Waals surface area (Å²) in [5.41, 5.74) is 3.43. The molecule has 0 N–H and O–H groups in total. The molecule has 0 radical (unpaired) electrons. The number of benzene rings is 2. The van der Waals surface area contributed by atoms with Crippen molar-refractivity contribution >= 4 is 28.2 Å². The maximum atomic E-state index is 13.8. The number of likely N-dealkylation sites (N-methyl/N-ethyl adjacent to an activating group) is 1. The summed E-state index contributed by atoms with van der Waals surface area (Å²) in [7, 11) is 2.09. The van der Waals surface area contributed by atoms with Crippen LogP contribution >= 0.6 is 0 Å². The van der Waals surface area contributed by atoms with Crippen LogP contribution in [0.5, 0.6) is 5.88 Å². The molecule has 2 atom stereocenters. The highest BCUT2D eigenvalue weighted by atomic mass is 19.1. The van der Waals surface area contributed by atoms with Crippen molar-refractivity contribution in [2.24, 2.45) is 0 Å². The minimum Gasteiger partial charge on any atom is -0.475 e. The fourth-order valence-corrected chi connectivity index (χ4v) is 6.88. The van der Waals surface area contributed by atoms with Gasteiger partial charge in [0.25, 0.3) is 5.91 Å². The van der Waals surface area contributed by atoms with Gasteiger partial charge in [0, 0.05) is 61.0 Å². The highest BCUT2D eigenvalue weighted by Crippen LogP contribution is 2.39. The molecule has 44 heavy (non-hydrogen) atoms. The van der Waals surface area contributed by atoms with Crippen molar-refractivity contribution in [2.75, 3.05) is 56.2 Å². The van der Waals surface area contributed by atoms with Gasteiger partial charge in [-0.25, -0.2) is 4.39 Å². The maximum absolute atomic E-state index is 13.8. The normalized spacial score (nSPS) is 20.2. The second-order valence-electron chi connectivity index (χ2n) is 11.8. The molecule has 3 aromatic rings. The fourth-order valence-electron chi connectivity index (χ4n) is 6.88. The molecule has 226 valence electrons. The third kappa shape index (κ3) is 5.54. The Hall–Kier alpha value is -4.67. The summed E-state index contributed by atoms with van der Waals surface area (Å²) in [6.45, 7) is 6.82. The summed E-state index contributed by atoms with van der Waals surface area (Å²) < 4.78 is 20.2. The Morgan fingerprint density at radius 1 is 1.07 bits per heavy atom. The molecule has 6 rings (SSSR count). The number of hydrogen-bond donors (Lipinski definition) is 0. The molecule has 1 aromatic heterocycles. The number of nitrogens with zero attached hydrogens (tertiary/aromatic N) is 7. The van der Waals surface area contributed by atoms with Crippen molar-refractivity contribution in [3.8, 4) is 18.0 Å². The number of likely N-dealkylation sites (tertiary alicyclic amines) is 1. The Morgan fingerprint density at radius 2 is 1.89 bits per heavy atom. The second-order valence-corrected chi connectivity index (χ2v) is 11.8. The molecule has 2 saturated heterocycles. The molecule has 10 heteroatoms. The largest absolute Gasteiger partial charge is 0.475 e. The summed E-state index contributed by atoms with van der Waals surface area (Å²) in [4.78, 5) is 25.6. The monoisotopic (exact) mass is 593 g/mol. The highest BCUT2D eigenvalue weighted by Gasteiger charge is 2.36. The van der Waals surface area contributed by atoms with E-state index in [1.807, 2.05) is 12.1 Å². The lowest BCUT2D eigenvalue weighted by Gasteiger charge is -2.42. The number of carbonyl (C=O) groups excluding carboxylic acids is 1. The van der Waals surface area contributed by atoms with Crippen molar-refractivity contribution in [2.45, 2.75) is 44.3 Å². The number of pyridine rings is 1. The van der Waals surface area contributed by atoms with E-state index in [4.69, 9.17) is 9.72 Å². The zero-order valence-electron chi connectivity index (χ0n) is 25.0. The number of nitriles is 2. The van der Waals surface area contributed by atoms with Crippen LogP contribution in [0.4, 0.5) is 15.9 Å². The van der Waals surface area contributed by atoms with Gasteiger partial charge in [-0.1, -0.05) is 43.0 Å². The van der Waals surface area contributed by atoms with Crippen LogP contribution in [0, 0.1) is 22.7 Å². The lowest BCUT2D eigenvalue weighted by Crippen LogP contribution is -2.55. The minimum atomic E-state index is -1.03. The minimum absolute atomic E-state index is 0.0558. The highest BCUT2D eigenvalue weighted by molar-refractivity contribution is 5.94. The Morgan fingerprint density at radius 3 is 2.64 bits per heavy atom.